The molecule has 0 amide bonds. The number of methoxy groups -OCH3 is 2. The highest BCUT2D eigenvalue weighted by atomic mass is 19.2. The Labute approximate surface area is 468 Å². The summed E-state index contributed by atoms with van der Waals surface area (Å²) in [6.45, 7) is 2.80. The fraction of sp³-hybridized carbons (Fsp3) is 0.194. The van der Waals surface area contributed by atoms with Crippen LogP contribution in [0, 0.1) is 60.4 Å². The van der Waals surface area contributed by atoms with Gasteiger partial charge >= 0.3 is 11.9 Å². The van der Waals surface area contributed by atoms with Crippen LogP contribution in [-0.4, -0.2) is 68.4 Å². The number of pyridine rings is 2. The van der Waals surface area contributed by atoms with Crippen molar-refractivity contribution in [3.8, 4) is 34.3 Å². The average Bonchev–Trinajstić information content (AvgIpc) is 2.99. The molecule has 0 bridgehead atoms. The second kappa shape index (κ2) is 24.4. The topological polar surface area (TPSA) is 142 Å². The number of hydrogen-bond donors (Lipinski definition) is 0. The zero-order valence-electron chi connectivity index (χ0n) is 44.8. The van der Waals surface area contributed by atoms with Crippen LogP contribution in [0.3, 0.4) is 0 Å². The molecule has 0 aliphatic rings. The molecule has 0 saturated heterocycles. The standard InChI is InChI=1S/C62H48F8N6O7/c1-33-19-45(65)39(23-43(33)63)31-81-59-9-5-7-51(73-59)41-29-47(67)37(21-49(41)69)27-57-71-53-13-11-35(25-55(53)75(57)15-17-79-3)61(77)83-62(78)36-12-14-54-56(26-36)76(16-18-80-4)58(72-54)28-38-22-50(70)42(30-48(38)68)52-8-6-10-60(74-52)82-32-40-24-44(64)34(2)20-46(40)66/h5-14,19-26,29-30H,15-18,27-28,31-32H2,1-4H3. The van der Waals surface area contributed by atoms with Gasteiger partial charge in [-0.1, -0.05) is 12.1 Å². The van der Waals surface area contributed by atoms with Crippen LogP contribution in [0.4, 0.5) is 35.1 Å². The summed E-state index contributed by atoms with van der Waals surface area (Å²) in [5.74, 6) is -7.29. The predicted molar refractivity (Wildman–Crippen MR) is 289 cm³/mol. The van der Waals surface area contributed by atoms with Gasteiger partial charge in [-0.25, -0.2) is 64.6 Å². The van der Waals surface area contributed by atoms with E-state index in [1.54, 1.807) is 9.13 Å². The Morgan fingerprint density at radius 2 is 0.843 bits per heavy atom. The molecule has 0 atom stereocenters. The van der Waals surface area contributed by atoms with Gasteiger partial charge in [-0.3, -0.25) is 0 Å². The Hall–Kier alpha value is -9.34. The molecule has 6 aromatic carbocycles. The van der Waals surface area contributed by atoms with Crippen LogP contribution < -0.4 is 9.47 Å². The summed E-state index contributed by atoms with van der Waals surface area (Å²) in [7, 11) is 2.95. The normalized spacial score (nSPS) is 11.5. The Bertz CT molecular complexity index is 3890. The molecule has 10 aromatic rings. The van der Waals surface area contributed by atoms with E-state index in [2.05, 4.69) is 19.9 Å². The number of fused-ring (bicyclic) bond motifs is 2. The fourth-order valence-electron chi connectivity index (χ4n) is 9.31. The molecular weight excluding hydrogens is 1090 g/mol. The lowest BCUT2D eigenvalue weighted by atomic mass is 10.0. The maximum absolute atomic E-state index is 16.0. The number of nitrogens with zero attached hydrogens (tertiary/aromatic N) is 6. The molecule has 0 fully saturated rings. The lowest BCUT2D eigenvalue weighted by Crippen LogP contribution is -2.14. The summed E-state index contributed by atoms with van der Waals surface area (Å²) in [5, 5.41) is 0. The first-order valence-electron chi connectivity index (χ1n) is 25.7. The zero-order chi connectivity index (χ0) is 58.6. The van der Waals surface area contributed by atoms with E-state index >= 15 is 17.6 Å². The number of aryl methyl sites for hydroxylation is 2. The molecule has 0 aliphatic heterocycles. The molecular formula is C62H48F8N6O7. The Kier molecular flexibility index (Phi) is 16.7. The number of carbonyl (C=O) groups is 2. The predicted octanol–water partition coefficient (Wildman–Crippen LogP) is 12.9. The number of benzene rings is 6. The van der Waals surface area contributed by atoms with Gasteiger partial charge in [0.05, 0.1) is 57.8 Å². The van der Waals surface area contributed by atoms with Gasteiger partial charge in [0.25, 0.3) is 0 Å². The number of halogens is 8. The molecule has 424 valence electrons. The number of ether oxygens (including phenoxy) is 5. The summed E-state index contributed by atoms with van der Waals surface area (Å²) in [6.07, 6.45) is -0.399. The van der Waals surface area contributed by atoms with Gasteiger partial charge < -0.3 is 32.8 Å². The number of rotatable bonds is 20. The van der Waals surface area contributed by atoms with Crippen molar-refractivity contribution < 1.29 is 68.4 Å². The number of carbonyl (C=O) groups excluding carboxylic acids is 2. The van der Waals surface area contributed by atoms with E-state index in [0.717, 1.165) is 48.5 Å². The Morgan fingerprint density at radius 3 is 1.25 bits per heavy atom. The maximum Gasteiger partial charge on any atom is 0.346 e. The van der Waals surface area contributed by atoms with Gasteiger partial charge in [0.15, 0.2) is 0 Å². The van der Waals surface area contributed by atoms with Crippen LogP contribution in [0.25, 0.3) is 44.6 Å². The van der Waals surface area contributed by atoms with E-state index in [9.17, 15) is 27.2 Å². The molecule has 10 rings (SSSR count). The fourth-order valence-corrected chi connectivity index (χ4v) is 9.31. The third kappa shape index (κ3) is 12.5. The summed E-state index contributed by atoms with van der Waals surface area (Å²) in [6, 6.07) is 25.6. The van der Waals surface area contributed by atoms with Gasteiger partial charge in [-0.15, -0.1) is 0 Å². The first kappa shape index (κ1) is 56.9. The van der Waals surface area contributed by atoms with Crippen molar-refractivity contribution in [2.24, 2.45) is 0 Å². The first-order chi connectivity index (χ1) is 39.9. The first-order valence-corrected chi connectivity index (χ1v) is 25.7. The lowest BCUT2D eigenvalue weighted by Gasteiger charge is -2.12. The zero-order valence-corrected chi connectivity index (χ0v) is 44.8. The average molecular weight is 1140 g/mol. The van der Waals surface area contributed by atoms with E-state index in [1.165, 1.54) is 101 Å². The van der Waals surface area contributed by atoms with Crippen molar-refractivity contribution in [3.05, 3.63) is 224 Å². The largest absolute Gasteiger partial charge is 0.473 e. The molecule has 13 nitrogen and oxygen atoms in total. The molecule has 0 radical (unpaired) electrons. The van der Waals surface area contributed by atoms with E-state index in [0.29, 0.717) is 33.7 Å². The van der Waals surface area contributed by atoms with Crippen LogP contribution in [0.15, 0.2) is 121 Å². The van der Waals surface area contributed by atoms with Crippen molar-refractivity contribution in [1.82, 2.24) is 29.1 Å². The molecule has 0 aliphatic carbocycles. The molecule has 21 heteroatoms. The third-order valence-electron chi connectivity index (χ3n) is 13.7. The summed E-state index contributed by atoms with van der Waals surface area (Å²) >= 11 is 0. The molecule has 4 aromatic heterocycles. The minimum absolute atomic E-state index is 0.0192. The van der Waals surface area contributed by atoms with E-state index in [4.69, 9.17) is 23.7 Å². The van der Waals surface area contributed by atoms with Crippen molar-refractivity contribution in [1.29, 1.82) is 0 Å². The number of hydrogen-bond acceptors (Lipinski definition) is 11. The number of esters is 2. The van der Waals surface area contributed by atoms with Gasteiger partial charge in [0, 0.05) is 74.5 Å². The van der Waals surface area contributed by atoms with E-state index < -0.39 is 58.5 Å². The molecule has 0 unspecified atom stereocenters. The minimum atomic E-state index is -1.01. The maximum atomic E-state index is 16.0. The van der Waals surface area contributed by atoms with Gasteiger partial charge in [0.1, 0.15) is 71.4 Å². The van der Waals surface area contributed by atoms with Crippen LogP contribution in [-0.2, 0) is 53.4 Å². The highest BCUT2D eigenvalue weighted by molar-refractivity contribution is 6.05. The van der Waals surface area contributed by atoms with Crippen LogP contribution in [0.1, 0.15) is 65.7 Å². The quantitative estimate of drug-likeness (QED) is 0.0409. The van der Waals surface area contributed by atoms with Crippen molar-refractivity contribution in [3.63, 3.8) is 0 Å². The second-order valence-corrected chi connectivity index (χ2v) is 19.3. The van der Waals surface area contributed by atoms with Gasteiger partial charge in [-0.2, -0.15) is 0 Å². The number of imidazole rings is 2. The Balaban J connectivity index is 0.839. The molecule has 0 spiro atoms. The van der Waals surface area contributed by atoms with E-state index in [-0.39, 0.29) is 131 Å². The SMILES string of the molecule is COCCn1c(Cc2cc(F)c(-c3cccc(OCc4cc(F)c(C)cc4F)n3)cc2F)nc2ccc(C(=O)OC(=O)c3ccc4nc(Cc5cc(F)c(-c6cccc(OCc7cc(F)c(C)cc7F)n6)cc5F)n(CCOC)c4c3)cc21. The molecule has 0 saturated carbocycles. The van der Waals surface area contributed by atoms with Crippen molar-refractivity contribution in [2.75, 3.05) is 27.4 Å². The molecule has 4 heterocycles. The Morgan fingerprint density at radius 1 is 0.446 bits per heavy atom. The highest BCUT2D eigenvalue weighted by Crippen LogP contribution is 2.32. The van der Waals surface area contributed by atoms with Gasteiger partial charge in [0.2, 0.25) is 11.8 Å². The third-order valence-corrected chi connectivity index (χ3v) is 13.7. The van der Waals surface area contributed by atoms with Crippen molar-refractivity contribution >= 4 is 34.0 Å². The van der Waals surface area contributed by atoms with Gasteiger partial charge in [-0.05, 0) is 133 Å². The van der Waals surface area contributed by atoms with Crippen LogP contribution in [0.5, 0.6) is 11.8 Å². The minimum Gasteiger partial charge on any atom is -0.473 e. The molecule has 83 heavy (non-hydrogen) atoms. The highest BCUT2D eigenvalue weighted by Gasteiger charge is 2.24. The lowest BCUT2D eigenvalue weighted by molar-refractivity contribution is 0.0397. The summed E-state index contributed by atoms with van der Waals surface area (Å²) in [4.78, 5) is 45.3. The van der Waals surface area contributed by atoms with E-state index in [1.807, 2.05) is 0 Å². The van der Waals surface area contributed by atoms with Crippen LogP contribution in [0.2, 0.25) is 0 Å². The van der Waals surface area contributed by atoms with Crippen LogP contribution >= 0.6 is 0 Å². The smallest absolute Gasteiger partial charge is 0.346 e. The second-order valence-electron chi connectivity index (χ2n) is 19.3. The van der Waals surface area contributed by atoms with Crippen molar-refractivity contribution in [2.45, 2.75) is 53.0 Å². The monoisotopic (exact) mass is 1140 g/mol. The number of aromatic nitrogens is 6. The summed E-state index contributed by atoms with van der Waals surface area (Å²) in [5.41, 5.74) is 1.20. The summed E-state index contributed by atoms with van der Waals surface area (Å²) < 4.78 is 151. The molecule has 0 N–H and O–H groups in total.